The van der Waals surface area contributed by atoms with E-state index in [1.54, 1.807) is 19.1 Å². The number of carboxylic acids is 1. The molecule has 0 radical (unpaired) electrons. The molecule has 2 unspecified atom stereocenters. The highest BCUT2D eigenvalue weighted by molar-refractivity contribution is 5.81. The minimum absolute atomic E-state index is 0.0365. The molecular formula is C24H30O3. The van der Waals surface area contributed by atoms with Crippen LogP contribution in [0.4, 0.5) is 0 Å². The van der Waals surface area contributed by atoms with Crippen molar-refractivity contribution < 1.29 is 15.0 Å². The van der Waals surface area contributed by atoms with Crippen LogP contribution in [0.1, 0.15) is 77.0 Å². The van der Waals surface area contributed by atoms with Gasteiger partial charge in [0, 0.05) is 6.42 Å². The van der Waals surface area contributed by atoms with Crippen LogP contribution in [0.3, 0.4) is 0 Å². The minimum Gasteiger partial charge on any atom is -0.480 e. The van der Waals surface area contributed by atoms with Crippen molar-refractivity contribution in [3.05, 3.63) is 47.0 Å². The Labute approximate surface area is 162 Å². The maximum Gasteiger partial charge on any atom is 0.325 e. The molecule has 2 aliphatic rings. The first-order chi connectivity index (χ1) is 12.5. The third kappa shape index (κ3) is 3.21. The third-order valence-electron chi connectivity index (χ3n) is 6.55. The number of carboxylic acid groups (broad SMARTS) is 1. The maximum atomic E-state index is 11.9. The predicted molar refractivity (Wildman–Crippen MR) is 108 cm³/mol. The van der Waals surface area contributed by atoms with E-state index >= 15 is 0 Å². The molecule has 0 saturated heterocycles. The highest BCUT2D eigenvalue weighted by Gasteiger charge is 2.47. The molecule has 3 rings (SSSR count). The summed E-state index contributed by atoms with van der Waals surface area (Å²) >= 11 is 0. The summed E-state index contributed by atoms with van der Waals surface area (Å²) in [6, 6.07) is 6.23. The van der Waals surface area contributed by atoms with E-state index in [1.165, 1.54) is 11.1 Å². The van der Waals surface area contributed by atoms with Crippen molar-refractivity contribution in [1.82, 2.24) is 0 Å². The van der Waals surface area contributed by atoms with Crippen molar-refractivity contribution >= 4 is 5.97 Å². The van der Waals surface area contributed by atoms with Gasteiger partial charge in [0.15, 0.2) is 0 Å². The van der Waals surface area contributed by atoms with Crippen LogP contribution in [0.2, 0.25) is 0 Å². The number of carbonyl (C=O) groups is 1. The number of hydrogen-bond donors (Lipinski definition) is 2. The van der Waals surface area contributed by atoms with Gasteiger partial charge in [-0.15, -0.1) is 5.92 Å². The second-order valence-electron chi connectivity index (χ2n) is 9.49. The highest BCUT2D eigenvalue weighted by atomic mass is 16.4. The zero-order chi connectivity index (χ0) is 20.1. The van der Waals surface area contributed by atoms with Crippen LogP contribution >= 0.6 is 0 Å². The van der Waals surface area contributed by atoms with E-state index in [0.717, 1.165) is 18.4 Å². The maximum absolute atomic E-state index is 11.9. The first-order valence-electron chi connectivity index (χ1n) is 9.69. The first kappa shape index (κ1) is 19.7. The number of benzene rings is 1. The molecule has 0 amide bonds. The molecule has 2 aliphatic carbocycles. The number of aliphatic carboxylic acids is 1. The summed E-state index contributed by atoms with van der Waals surface area (Å²) in [4.78, 5) is 11.9. The number of rotatable bonds is 2. The molecule has 1 aromatic carbocycles. The predicted octanol–water partition coefficient (Wildman–Crippen LogP) is 4.67. The van der Waals surface area contributed by atoms with E-state index in [0.29, 0.717) is 6.42 Å². The van der Waals surface area contributed by atoms with E-state index in [2.05, 4.69) is 51.7 Å². The fourth-order valence-corrected chi connectivity index (χ4v) is 4.65. The van der Waals surface area contributed by atoms with Crippen LogP contribution in [0, 0.1) is 17.3 Å². The topological polar surface area (TPSA) is 57.5 Å². The molecular weight excluding hydrogens is 336 g/mol. The van der Waals surface area contributed by atoms with Gasteiger partial charge in [0.1, 0.15) is 5.41 Å². The van der Waals surface area contributed by atoms with Crippen LogP contribution in [0.25, 0.3) is 0 Å². The summed E-state index contributed by atoms with van der Waals surface area (Å²) in [5.74, 6) is 4.54. The number of fused-ring (bicyclic) bond motifs is 1. The van der Waals surface area contributed by atoms with Crippen molar-refractivity contribution in [2.75, 3.05) is 0 Å². The molecule has 0 aromatic heterocycles. The summed E-state index contributed by atoms with van der Waals surface area (Å²) < 4.78 is 0. The van der Waals surface area contributed by atoms with Crippen molar-refractivity contribution in [3.8, 4) is 11.8 Å². The molecule has 0 fully saturated rings. The summed E-state index contributed by atoms with van der Waals surface area (Å²) in [6.07, 6.45) is 6.08. The zero-order valence-electron chi connectivity index (χ0n) is 17.0. The minimum atomic E-state index is -1.34. The molecule has 27 heavy (non-hydrogen) atoms. The lowest BCUT2D eigenvalue weighted by Crippen LogP contribution is -2.41. The summed E-state index contributed by atoms with van der Waals surface area (Å²) in [5.41, 5.74) is 0.957. The Balaban J connectivity index is 2.11. The van der Waals surface area contributed by atoms with Gasteiger partial charge in [0.05, 0.1) is 5.60 Å². The smallest absolute Gasteiger partial charge is 0.325 e. The molecule has 0 bridgehead atoms. The quantitative estimate of drug-likeness (QED) is 0.591. The fraction of sp³-hybridized carbons (Fsp3) is 0.542. The monoisotopic (exact) mass is 366 g/mol. The number of aliphatic hydroxyl groups is 1. The second-order valence-corrected chi connectivity index (χ2v) is 9.49. The fourth-order valence-electron chi connectivity index (χ4n) is 4.65. The molecule has 144 valence electrons. The van der Waals surface area contributed by atoms with Gasteiger partial charge in [-0.05, 0) is 53.7 Å². The second kappa shape index (κ2) is 6.24. The summed E-state index contributed by atoms with van der Waals surface area (Å²) in [7, 11) is 0. The van der Waals surface area contributed by atoms with Crippen LogP contribution in [-0.4, -0.2) is 16.2 Å². The Kier molecular flexibility index (Phi) is 4.56. The Morgan fingerprint density at radius 1 is 1.07 bits per heavy atom. The van der Waals surface area contributed by atoms with E-state index < -0.39 is 17.0 Å². The van der Waals surface area contributed by atoms with Crippen molar-refractivity contribution in [2.45, 2.75) is 76.7 Å². The molecule has 0 spiro atoms. The van der Waals surface area contributed by atoms with Gasteiger partial charge >= 0.3 is 5.97 Å². The van der Waals surface area contributed by atoms with Gasteiger partial charge < -0.3 is 10.2 Å². The van der Waals surface area contributed by atoms with Crippen LogP contribution in [0.15, 0.2) is 30.4 Å². The largest absolute Gasteiger partial charge is 0.480 e. The van der Waals surface area contributed by atoms with Crippen molar-refractivity contribution in [2.24, 2.45) is 5.41 Å². The van der Waals surface area contributed by atoms with E-state index in [-0.39, 0.29) is 17.3 Å². The Morgan fingerprint density at radius 2 is 1.70 bits per heavy atom. The van der Waals surface area contributed by atoms with Gasteiger partial charge in [-0.2, -0.15) is 0 Å². The van der Waals surface area contributed by atoms with Gasteiger partial charge in [0.25, 0.3) is 0 Å². The van der Waals surface area contributed by atoms with Gasteiger partial charge in [-0.1, -0.05) is 64.0 Å². The van der Waals surface area contributed by atoms with Gasteiger partial charge in [-0.25, -0.2) is 0 Å². The molecule has 2 atom stereocenters. The summed E-state index contributed by atoms with van der Waals surface area (Å²) in [6.45, 7) is 10.7. The standard InChI is InChI=1S/C24H30O3/c1-6-10-23(20(25)26)11-7-12-24(27,16-23)17-8-9-18-19(15-17)22(4,5)14-13-21(18,2)3/h7-9,11,15,27H,12-14,16H2,1-5H3,(H,25,26). The lowest BCUT2D eigenvalue weighted by Gasteiger charge is -2.43. The van der Waals surface area contributed by atoms with Gasteiger partial charge in [0.2, 0.25) is 0 Å². The van der Waals surface area contributed by atoms with Crippen molar-refractivity contribution in [3.63, 3.8) is 0 Å². The Hall–Kier alpha value is -2.05. The van der Waals surface area contributed by atoms with E-state index in [4.69, 9.17) is 0 Å². The molecule has 0 aliphatic heterocycles. The van der Waals surface area contributed by atoms with Crippen LogP contribution < -0.4 is 0 Å². The highest BCUT2D eigenvalue weighted by Crippen LogP contribution is 2.49. The molecule has 0 saturated carbocycles. The average molecular weight is 367 g/mol. The van der Waals surface area contributed by atoms with Crippen LogP contribution in [-0.2, 0) is 21.2 Å². The lowest BCUT2D eigenvalue weighted by atomic mass is 9.62. The average Bonchev–Trinajstić information content (AvgIpc) is 2.59. The first-order valence-corrected chi connectivity index (χ1v) is 9.69. The van der Waals surface area contributed by atoms with Crippen LogP contribution in [0.5, 0.6) is 0 Å². The molecule has 1 aromatic rings. The Bertz CT molecular complexity index is 865. The van der Waals surface area contributed by atoms with E-state index in [1.807, 2.05) is 6.07 Å². The van der Waals surface area contributed by atoms with Gasteiger partial charge in [-0.3, -0.25) is 4.79 Å². The molecule has 3 heteroatoms. The third-order valence-corrected chi connectivity index (χ3v) is 6.55. The number of hydrogen-bond acceptors (Lipinski definition) is 2. The molecule has 2 N–H and O–H groups in total. The molecule has 3 nitrogen and oxygen atoms in total. The summed E-state index contributed by atoms with van der Waals surface area (Å²) in [5, 5.41) is 21.3. The van der Waals surface area contributed by atoms with E-state index in [9.17, 15) is 15.0 Å². The SMILES string of the molecule is CC#CC1(C(=O)O)C=CCC(O)(c2ccc3c(c2)C(C)(C)CCC3(C)C)C1. The Morgan fingerprint density at radius 3 is 2.30 bits per heavy atom. The molecule has 0 heterocycles. The lowest BCUT2D eigenvalue weighted by molar-refractivity contribution is -0.147. The zero-order valence-corrected chi connectivity index (χ0v) is 17.0. The van der Waals surface area contributed by atoms with Crippen molar-refractivity contribution in [1.29, 1.82) is 0 Å². The normalized spacial score (nSPS) is 30.7.